The number of rotatable bonds is 2. The van der Waals surface area contributed by atoms with Crippen LogP contribution in [0.1, 0.15) is 18.4 Å². The highest BCUT2D eigenvalue weighted by Crippen LogP contribution is 2.25. The van der Waals surface area contributed by atoms with Crippen molar-refractivity contribution in [3.63, 3.8) is 0 Å². The maximum Gasteiger partial charge on any atom is 0.134 e. The van der Waals surface area contributed by atoms with Gasteiger partial charge in [0.2, 0.25) is 0 Å². The third kappa shape index (κ3) is 2.18. The summed E-state index contributed by atoms with van der Waals surface area (Å²) in [5.41, 5.74) is 1.28. The first-order chi connectivity index (χ1) is 8.84. The number of aromatic nitrogens is 1. The van der Waals surface area contributed by atoms with Crippen LogP contribution in [0.3, 0.4) is 0 Å². The number of fused-ring (bicyclic) bond motifs is 1. The molecule has 3 rings (SSSR count). The van der Waals surface area contributed by atoms with Crippen molar-refractivity contribution in [3.8, 4) is 0 Å². The van der Waals surface area contributed by atoms with E-state index in [9.17, 15) is 0 Å². The average molecular weight is 241 g/mol. The summed E-state index contributed by atoms with van der Waals surface area (Å²) in [5.74, 6) is 1.03. The first-order valence-electron chi connectivity index (χ1n) is 6.66. The average Bonchev–Trinajstić information content (AvgIpc) is 2.40. The fourth-order valence-electron chi connectivity index (χ4n) is 2.69. The largest absolute Gasteiger partial charge is 0.366 e. The number of anilines is 1. The maximum atomic E-state index is 4.52. The van der Waals surface area contributed by atoms with E-state index in [1.54, 1.807) is 0 Å². The summed E-state index contributed by atoms with van der Waals surface area (Å²) in [5, 5.41) is 9.53. The van der Waals surface area contributed by atoms with Crippen LogP contribution in [0.4, 0.5) is 5.82 Å². The van der Waals surface area contributed by atoms with Crippen LogP contribution in [0.2, 0.25) is 0 Å². The van der Waals surface area contributed by atoms with Gasteiger partial charge in [-0.05, 0) is 43.3 Å². The van der Waals surface area contributed by atoms with Gasteiger partial charge in [0.05, 0.1) is 0 Å². The highest BCUT2D eigenvalue weighted by Gasteiger charge is 2.14. The summed E-state index contributed by atoms with van der Waals surface area (Å²) in [6.07, 6.45) is 4.35. The molecule has 18 heavy (non-hydrogen) atoms. The van der Waals surface area contributed by atoms with Gasteiger partial charge in [0.25, 0.3) is 0 Å². The Balaban J connectivity index is 1.95. The van der Waals surface area contributed by atoms with Gasteiger partial charge in [-0.15, -0.1) is 0 Å². The Kier molecular flexibility index (Phi) is 3.15. The lowest BCUT2D eigenvalue weighted by molar-refractivity contribution is 0.479. The normalized spacial score (nSPS) is 19.9. The van der Waals surface area contributed by atoms with Gasteiger partial charge in [0.1, 0.15) is 5.82 Å². The monoisotopic (exact) mass is 241 g/mol. The summed E-state index contributed by atoms with van der Waals surface area (Å²) in [7, 11) is 0. The van der Waals surface area contributed by atoms with E-state index in [-0.39, 0.29) is 0 Å². The van der Waals surface area contributed by atoms with Crippen molar-refractivity contribution in [2.75, 3.05) is 18.4 Å². The first-order valence-corrected chi connectivity index (χ1v) is 6.66. The second-order valence-corrected chi connectivity index (χ2v) is 5.02. The maximum absolute atomic E-state index is 4.52. The van der Waals surface area contributed by atoms with Crippen molar-refractivity contribution in [2.24, 2.45) is 0 Å². The highest BCUT2D eigenvalue weighted by molar-refractivity contribution is 5.94. The topological polar surface area (TPSA) is 37.0 Å². The van der Waals surface area contributed by atoms with E-state index in [1.807, 2.05) is 6.20 Å². The number of nitrogens with one attached hydrogen (secondary N) is 2. The molecule has 2 N–H and O–H groups in total. The molecule has 0 amide bonds. The number of nitrogens with zero attached hydrogens (tertiary/aromatic N) is 1. The number of benzene rings is 1. The van der Waals surface area contributed by atoms with E-state index >= 15 is 0 Å². The SMILES string of the molecule is Cc1cccc2ccnc(NC3CCCNC3)c12. The predicted octanol–water partition coefficient (Wildman–Crippen LogP) is 2.71. The molecule has 1 fully saturated rings. The summed E-state index contributed by atoms with van der Waals surface area (Å²) >= 11 is 0. The Morgan fingerprint density at radius 3 is 3.11 bits per heavy atom. The molecule has 94 valence electrons. The predicted molar refractivity (Wildman–Crippen MR) is 76.0 cm³/mol. The molecule has 1 aliphatic heterocycles. The minimum Gasteiger partial charge on any atom is -0.366 e. The van der Waals surface area contributed by atoms with E-state index < -0.39 is 0 Å². The molecule has 0 saturated carbocycles. The van der Waals surface area contributed by atoms with Gasteiger partial charge in [0.15, 0.2) is 0 Å². The van der Waals surface area contributed by atoms with Gasteiger partial charge < -0.3 is 10.6 Å². The Bertz CT molecular complexity index is 539. The molecule has 0 bridgehead atoms. The standard InChI is InChI=1S/C15H19N3/c1-11-4-2-5-12-7-9-17-15(14(11)12)18-13-6-3-8-16-10-13/h2,4-5,7,9,13,16H,3,6,8,10H2,1H3,(H,17,18). The van der Waals surface area contributed by atoms with Crippen LogP contribution in [0.25, 0.3) is 10.8 Å². The Hall–Kier alpha value is -1.61. The summed E-state index contributed by atoms with van der Waals surface area (Å²) in [6, 6.07) is 8.97. The van der Waals surface area contributed by atoms with Crippen LogP contribution in [0.5, 0.6) is 0 Å². The van der Waals surface area contributed by atoms with Crippen LogP contribution in [0.15, 0.2) is 30.5 Å². The van der Waals surface area contributed by atoms with Crippen molar-refractivity contribution in [1.82, 2.24) is 10.3 Å². The number of hydrogen-bond acceptors (Lipinski definition) is 3. The van der Waals surface area contributed by atoms with E-state index in [1.165, 1.54) is 29.2 Å². The second-order valence-electron chi connectivity index (χ2n) is 5.02. The van der Waals surface area contributed by atoms with Gasteiger partial charge in [-0.25, -0.2) is 4.98 Å². The molecule has 1 aromatic carbocycles. The van der Waals surface area contributed by atoms with Gasteiger partial charge >= 0.3 is 0 Å². The van der Waals surface area contributed by atoms with Crippen molar-refractivity contribution in [3.05, 3.63) is 36.0 Å². The van der Waals surface area contributed by atoms with E-state index in [4.69, 9.17) is 0 Å². The molecule has 3 nitrogen and oxygen atoms in total. The number of pyridine rings is 1. The highest BCUT2D eigenvalue weighted by atomic mass is 15.1. The van der Waals surface area contributed by atoms with Crippen LogP contribution in [-0.4, -0.2) is 24.1 Å². The number of aryl methyl sites for hydroxylation is 1. The lowest BCUT2D eigenvalue weighted by atomic mass is 10.0. The molecule has 2 aromatic rings. The third-order valence-corrected chi connectivity index (χ3v) is 3.64. The second kappa shape index (κ2) is 4.94. The molecule has 1 aromatic heterocycles. The van der Waals surface area contributed by atoms with Crippen LogP contribution < -0.4 is 10.6 Å². The molecule has 0 spiro atoms. The van der Waals surface area contributed by atoms with Gasteiger partial charge in [0, 0.05) is 24.2 Å². The van der Waals surface area contributed by atoms with E-state index in [0.29, 0.717) is 6.04 Å². The zero-order chi connectivity index (χ0) is 12.4. The molecule has 1 unspecified atom stereocenters. The Labute approximate surface area is 108 Å². The van der Waals surface area contributed by atoms with E-state index in [0.717, 1.165) is 18.9 Å². The number of piperidine rings is 1. The van der Waals surface area contributed by atoms with Gasteiger partial charge in [-0.1, -0.05) is 18.2 Å². The quantitative estimate of drug-likeness (QED) is 0.849. The minimum atomic E-state index is 0.497. The Morgan fingerprint density at radius 1 is 1.33 bits per heavy atom. The third-order valence-electron chi connectivity index (χ3n) is 3.64. The Morgan fingerprint density at radius 2 is 2.28 bits per heavy atom. The van der Waals surface area contributed by atoms with Crippen molar-refractivity contribution in [2.45, 2.75) is 25.8 Å². The molecule has 1 aliphatic rings. The fourth-order valence-corrected chi connectivity index (χ4v) is 2.69. The summed E-state index contributed by atoms with van der Waals surface area (Å²) < 4.78 is 0. The number of hydrogen-bond donors (Lipinski definition) is 2. The smallest absolute Gasteiger partial charge is 0.134 e. The van der Waals surface area contributed by atoms with Crippen LogP contribution >= 0.6 is 0 Å². The minimum absolute atomic E-state index is 0.497. The van der Waals surface area contributed by atoms with Crippen LogP contribution in [0, 0.1) is 6.92 Å². The van der Waals surface area contributed by atoms with Crippen LogP contribution in [-0.2, 0) is 0 Å². The molecular weight excluding hydrogens is 222 g/mol. The zero-order valence-electron chi connectivity index (χ0n) is 10.7. The summed E-state index contributed by atoms with van der Waals surface area (Å²) in [4.78, 5) is 4.52. The van der Waals surface area contributed by atoms with Gasteiger partial charge in [-0.2, -0.15) is 0 Å². The molecule has 3 heteroatoms. The molecule has 0 radical (unpaired) electrons. The van der Waals surface area contributed by atoms with Gasteiger partial charge in [-0.3, -0.25) is 0 Å². The molecular formula is C15H19N3. The first kappa shape index (κ1) is 11.5. The van der Waals surface area contributed by atoms with E-state index in [2.05, 4.69) is 46.8 Å². The lowest BCUT2D eigenvalue weighted by Gasteiger charge is -2.25. The van der Waals surface area contributed by atoms with Crippen molar-refractivity contribution >= 4 is 16.6 Å². The zero-order valence-corrected chi connectivity index (χ0v) is 10.7. The molecule has 1 atom stereocenters. The molecule has 1 saturated heterocycles. The lowest BCUT2D eigenvalue weighted by Crippen LogP contribution is -2.38. The molecule has 2 heterocycles. The summed E-state index contributed by atoms with van der Waals surface area (Å²) in [6.45, 7) is 4.32. The molecule has 0 aliphatic carbocycles. The van der Waals surface area contributed by atoms with Crippen molar-refractivity contribution in [1.29, 1.82) is 0 Å². The fraction of sp³-hybridized carbons (Fsp3) is 0.400. The van der Waals surface area contributed by atoms with Crippen molar-refractivity contribution < 1.29 is 0 Å².